The van der Waals surface area contributed by atoms with Gasteiger partial charge >= 0.3 is 5.97 Å². The number of nitrogens with one attached hydrogen (secondary N) is 6. The van der Waals surface area contributed by atoms with Gasteiger partial charge in [-0.2, -0.15) is 20.4 Å². The third kappa shape index (κ3) is 23.8. The molecule has 4 aliphatic heterocycles. The molecule has 4 aliphatic rings. The Labute approximate surface area is 686 Å². The van der Waals surface area contributed by atoms with Crippen LogP contribution >= 0.6 is 63.1 Å². The number of aromatic amines is 3. The molecule has 7 aromatic heterocycles. The summed E-state index contributed by atoms with van der Waals surface area (Å²) in [6, 6.07) is 35.5. The van der Waals surface area contributed by atoms with E-state index in [1.165, 1.54) is 36.7 Å². The van der Waals surface area contributed by atoms with Crippen LogP contribution in [0.2, 0.25) is 15.1 Å². The second-order valence-corrected chi connectivity index (χ2v) is 26.1. The molecule has 0 aliphatic carbocycles. The number of carboxylic acid groups (broad SMARTS) is 1. The predicted octanol–water partition coefficient (Wildman–Crippen LogP) is 8.57. The van der Waals surface area contributed by atoms with Gasteiger partial charge in [-0.1, -0.05) is 99.3 Å². The summed E-state index contributed by atoms with van der Waals surface area (Å²) in [5.74, 6) is -5.74. The highest BCUT2D eigenvalue weighted by Gasteiger charge is 2.35. The number of aromatic nitrogens is 11. The lowest BCUT2D eigenvalue weighted by molar-refractivity contribution is -0.121. The first-order valence-electron chi connectivity index (χ1n) is 33.8. The third-order valence-corrected chi connectivity index (χ3v) is 17.6. The number of pyridine rings is 3. The maximum atomic E-state index is 14.3. The lowest BCUT2D eigenvalue weighted by atomic mass is 10.2. The Morgan fingerprint density at radius 2 is 0.819 bits per heavy atom. The van der Waals surface area contributed by atoms with Gasteiger partial charge in [0.1, 0.15) is 73.6 Å². The Morgan fingerprint density at radius 1 is 0.483 bits per heavy atom. The largest absolute Gasteiger partial charge is 0.489 e. The van der Waals surface area contributed by atoms with E-state index in [-0.39, 0.29) is 87.0 Å². The van der Waals surface area contributed by atoms with Gasteiger partial charge in [-0.05, 0) is 84.9 Å². The number of nitrogens with two attached hydrogens (primary N) is 1. The number of hydrogen-bond donors (Lipinski definition) is 9. The normalized spacial score (nSPS) is 15.5. The molecule has 0 saturated carbocycles. The molecule has 4 aromatic carbocycles. The Morgan fingerprint density at radius 3 is 1.15 bits per heavy atom. The standard InChI is InChI=1S/C20H17ClFN5O3.2C14H13FN4O3.C10H12N2O2.C6H5BrClN.C6H6ClNO.C4H3FN2O2.ClH/c1-26-16-4-2-3-5-17(16)30-11-15(20(26)29)24-19(28)18-14(22)10-27(25-18)9-13-7-6-12(21)8-23-13;2*1-19-10-4-2-3-5-11(10)22-7-9(14(19)21)17-13(20)12-8(15)6-16-18-12;1-12-8-4-2-3-5-9(8)14-6-7(11)10(12)13;7-3-6-2-1-5(8)4-9-6;7-5-1-2-6(4-9)8-3-5;5-2-1-6-7-3(2)4(8)9;/h2-8,10,15H,9,11H2,1H3,(H,24,28);2*2-6,9H,7H2,1H3,(H,16,18)(H,17,20);2-5,7H,6,11H2,1H3;1-2,4H,3H2;1-3,9H,4H2;1H,(H,6,7)(H,8,9);1H/t15-;2*9-;7-;;;;/m0000..../s1. The van der Waals surface area contributed by atoms with Crippen molar-refractivity contribution in [1.29, 1.82) is 0 Å². The van der Waals surface area contributed by atoms with Gasteiger partial charge in [0.05, 0.1) is 92.8 Å². The number of aliphatic hydroxyl groups excluding tert-OH is 1. The Hall–Kier alpha value is -12.6. The smallest absolute Gasteiger partial charge is 0.356 e. The van der Waals surface area contributed by atoms with Crippen molar-refractivity contribution in [1.82, 2.24) is 71.3 Å². The number of anilines is 4. The van der Waals surface area contributed by atoms with Gasteiger partial charge < -0.3 is 70.4 Å². The topological polar surface area (TPSA) is 432 Å². The van der Waals surface area contributed by atoms with Gasteiger partial charge in [0.25, 0.3) is 35.4 Å². The first kappa shape index (κ1) is 89.0. The first-order chi connectivity index (χ1) is 55.1. The number of halogens is 9. The molecule has 4 atom stereocenters. The summed E-state index contributed by atoms with van der Waals surface area (Å²) in [5, 5.41) is 47.1. The highest BCUT2D eigenvalue weighted by Crippen LogP contribution is 2.34. The minimum Gasteiger partial charge on any atom is -0.489 e. The quantitative estimate of drug-likeness (QED) is 0.0432. The SMILES string of the molecule is CN1C(=O)[C@@H](N)COc2ccccc21.CN1C(=O)[C@@H](NC(=O)c2[nH]ncc2F)COc2ccccc21.CN1C(=O)[C@@H](NC(=O)c2[nH]ncc2F)COc2ccccc21.CN1C(=O)[C@@H](NC(=O)c2nn(Cc3ccc(Cl)cn3)cc2F)COc2ccccc21.Cl.Clc1ccc(CBr)nc1.O=C(O)c1[nH]ncc1F.OCc1ccc(Cl)cn1. The molecular formula is C74H70BrCl4F4N19O14. The number of fused-ring (bicyclic) bond motifs is 4. The molecule has 15 rings (SSSR count). The van der Waals surface area contributed by atoms with Crippen LogP contribution in [-0.4, -0.2) is 192 Å². The van der Waals surface area contributed by atoms with Crippen LogP contribution in [0.5, 0.6) is 23.0 Å². The summed E-state index contributed by atoms with van der Waals surface area (Å²) in [6.45, 7) is 0.203. The number of carbonyl (C=O) groups is 8. The molecule has 10 N–H and O–H groups in total. The van der Waals surface area contributed by atoms with Crippen LogP contribution < -0.4 is 60.2 Å². The van der Waals surface area contributed by atoms with Crippen molar-refractivity contribution in [2.75, 3.05) is 74.2 Å². The molecule has 0 bridgehead atoms. The first-order valence-corrected chi connectivity index (χ1v) is 36.1. The molecule has 0 radical (unpaired) electrons. The van der Waals surface area contributed by atoms with E-state index in [2.05, 4.69) is 77.4 Å². The molecule has 11 aromatic rings. The highest BCUT2D eigenvalue weighted by atomic mass is 79.9. The van der Waals surface area contributed by atoms with Gasteiger partial charge in [0.2, 0.25) is 5.91 Å². The second kappa shape index (κ2) is 42.5. The molecule has 7 amide bonds. The molecule has 0 saturated heterocycles. The monoisotopic (exact) mass is 1740 g/mol. The lowest BCUT2D eigenvalue weighted by Crippen LogP contribution is -2.49. The minimum absolute atomic E-state index is 0. The number of aromatic carboxylic acids is 1. The zero-order valence-electron chi connectivity index (χ0n) is 61.2. The number of alkyl halides is 1. The number of nitrogens with zero attached hydrogens (tertiary/aromatic N) is 12. The zero-order chi connectivity index (χ0) is 83.0. The predicted molar refractivity (Wildman–Crippen MR) is 421 cm³/mol. The van der Waals surface area contributed by atoms with Gasteiger partial charge in [0, 0.05) is 52.1 Å². The molecule has 42 heteroatoms. The number of ether oxygens (including phenoxy) is 4. The fourth-order valence-corrected chi connectivity index (χ4v) is 11.1. The number of para-hydroxylation sites is 8. The summed E-state index contributed by atoms with van der Waals surface area (Å²) in [6.07, 6.45) is 8.30. The Bertz CT molecular complexity index is 5040. The van der Waals surface area contributed by atoms with Gasteiger partial charge in [0.15, 0.2) is 46.0 Å². The average molecular weight is 1750 g/mol. The van der Waals surface area contributed by atoms with Crippen LogP contribution in [0.25, 0.3) is 0 Å². The van der Waals surface area contributed by atoms with Crippen molar-refractivity contribution in [3.05, 3.63) is 255 Å². The van der Waals surface area contributed by atoms with E-state index in [0.29, 0.717) is 66.5 Å². The van der Waals surface area contributed by atoms with Crippen molar-refractivity contribution < 1.29 is 85.1 Å². The summed E-state index contributed by atoms with van der Waals surface area (Å²) in [5.41, 5.74) is 8.88. The van der Waals surface area contributed by atoms with E-state index in [0.717, 1.165) is 41.5 Å². The zero-order valence-corrected chi connectivity index (χ0v) is 65.8. The van der Waals surface area contributed by atoms with Crippen LogP contribution in [0.3, 0.4) is 0 Å². The highest BCUT2D eigenvalue weighted by molar-refractivity contribution is 9.08. The number of hydrogen-bond acceptors (Lipinski definition) is 21. The molecule has 608 valence electrons. The molecule has 33 nitrogen and oxygen atoms in total. The van der Waals surface area contributed by atoms with E-state index in [1.807, 2.05) is 41.5 Å². The third-order valence-electron chi connectivity index (χ3n) is 16.4. The molecule has 0 unspecified atom stereocenters. The van der Waals surface area contributed by atoms with Crippen molar-refractivity contribution >= 4 is 133 Å². The fraction of sp³-hybridized carbons (Fsp3) is 0.203. The Kier molecular flexibility index (Phi) is 32.6. The van der Waals surface area contributed by atoms with Crippen LogP contribution in [0.1, 0.15) is 59.0 Å². The number of carboxylic acids is 1. The summed E-state index contributed by atoms with van der Waals surface area (Å²) >= 11 is 20.2. The summed E-state index contributed by atoms with van der Waals surface area (Å²) < 4.78 is 76.6. The average Bonchev–Trinajstić information content (AvgIpc) is 1.89. The van der Waals surface area contributed by atoms with E-state index >= 15 is 0 Å². The molecular weight excluding hydrogens is 1680 g/mol. The van der Waals surface area contributed by atoms with E-state index in [1.54, 1.807) is 131 Å². The second-order valence-electron chi connectivity index (χ2n) is 24.2. The maximum absolute atomic E-state index is 14.3. The molecule has 0 fully saturated rings. The van der Waals surface area contributed by atoms with Crippen LogP contribution in [0, 0.1) is 23.3 Å². The van der Waals surface area contributed by atoms with E-state index in [9.17, 15) is 55.9 Å². The van der Waals surface area contributed by atoms with Crippen molar-refractivity contribution in [3.63, 3.8) is 0 Å². The van der Waals surface area contributed by atoms with Gasteiger partial charge in [-0.25, -0.2) is 22.4 Å². The minimum atomic E-state index is -1.34. The lowest BCUT2D eigenvalue weighted by Gasteiger charge is -2.20. The number of carbonyl (C=O) groups excluding carboxylic acids is 7. The summed E-state index contributed by atoms with van der Waals surface area (Å²) in [4.78, 5) is 113. The Balaban J connectivity index is 0.000000177. The summed E-state index contributed by atoms with van der Waals surface area (Å²) in [7, 11) is 6.47. The van der Waals surface area contributed by atoms with E-state index in [4.69, 9.17) is 69.7 Å². The van der Waals surface area contributed by atoms with Crippen LogP contribution in [-0.2, 0) is 37.7 Å². The van der Waals surface area contributed by atoms with Crippen molar-refractivity contribution in [3.8, 4) is 23.0 Å². The number of likely N-dealkylation sites (N-methyl/N-ethyl adjacent to an activating group) is 4. The molecule has 116 heavy (non-hydrogen) atoms. The number of amides is 7. The fourth-order valence-electron chi connectivity index (χ4n) is 10.4. The van der Waals surface area contributed by atoms with Crippen LogP contribution in [0.15, 0.2) is 177 Å². The maximum Gasteiger partial charge on any atom is 0.356 e. The number of aliphatic hydroxyl groups is 1. The van der Waals surface area contributed by atoms with Gasteiger partial charge in [-0.3, -0.25) is 68.5 Å². The number of H-pyrrole nitrogens is 3. The van der Waals surface area contributed by atoms with Crippen LogP contribution in [0.4, 0.5) is 40.3 Å². The number of benzene rings is 4. The molecule has 11 heterocycles. The van der Waals surface area contributed by atoms with Crippen molar-refractivity contribution in [2.45, 2.75) is 42.6 Å². The van der Waals surface area contributed by atoms with E-state index < -0.39 is 82.5 Å². The van der Waals surface area contributed by atoms with Crippen molar-refractivity contribution in [2.24, 2.45) is 5.73 Å². The number of rotatable bonds is 11. The molecule has 0 spiro atoms. The van der Waals surface area contributed by atoms with Gasteiger partial charge in [-0.15, -0.1) is 12.4 Å².